The number of methoxy groups -OCH3 is 1. The van der Waals surface area contributed by atoms with E-state index in [2.05, 4.69) is 13.8 Å². The first kappa shape index (κ1) is 10.9. The summed E-state index contributed by atoms with van der Waals surface area (Å²) in [4.78, 5) is 0. The summed E-state index contributed by atoms with van der Waals surface area (Å²) in [6.07, 6.45) is 2.23. The van der Waals surface area contributed by atoms with Gasteiger partial charge >= 0.3 is 0 Å². The zero-order valence-corrected chi connectivity index (χ0v) is 8.18. The van der Waals surface area contributed by atoms with E-state index in [0.717, 1.165) is 6.42 Å². The van der Waals surface area contributed by atoms with Gasteiger partial charge in [-0.1, -0.05) is 20.3 Å². The Hall–Kier alpha value is -0.0800. The van der Waals surface area contributed by atoms with Gasteiger partial charge in [-0.05, 0) is 19.3 Å². The minimum absolute atomic E-state index is 0.149. The van der Waals surface area contributed by atoms with E-state index in [1.165, 1.54) is 6.42 Å². The van der Waals surface area contributed by atoms with Crippen molar-refractivity contribution in [2.24, 2.45) is 11.7 Å². The zero-order chi connectivity index (χ0) is 8.91. The Morgan fingerprint density at radius 2 is 2.09 bits per heavy atom. The first-order valence-corrected chi connectivity index (χ1v) is 4.29. The van der Waals surface area contributed by atoms with E-state index < -0.39 is 0 Å². The highest BCUT2D eigenvalue weighted by atomic mass is 16.5. The molecule has 0 amide bonds. The molecule has 2 unspecified atom stereocenters. The Morgan fingerprint density at radius 3 is 2.45 bits per heavy atom. The Bertz CT molecular complexity index is 102. The summed E-state index contributed by atoms with van der Waals surface area (Å²) < 4.78 is 5.03. The van der Waals surface area contributed by atoms with Gasteiger partial charge < -0.3 is 10.5 Å². The third kappa shape index (κ3) is 5.22. The summed E-state index contributed by atoms with van der Waals surface area (Å²) in [6.45, 7) is 7.11. The third-order valence-electron chi connectivity index (χ3n) is 1.99. The van der Waals surface area contributed by atoms with Crippen molar-refractivity contribution in [3.63, 3.8) is 0 Å². The van der Waals surface area contributed by atoms with Crippen LogP contribution in [0.15, 0.2) is 0 Å². The van der Waals surface area contributed by atoms with Gasteiger partial charge in [-0.2, -0.15) is 0 Å². The third-order valence-corrected chi connectivity index (χ3v) is 1.99. The average Bonchev–Trinajstić information content (AvgIpc) is 1.86. The van der Waals surface area contributed by atoms with Crippen molar-refractivity contribution in [2.45, 2.75) is 39.2 Å². The summed E-state index contributed by atoms with van der Waals surface area (Å²) >= 11 is 0. The minimum Gasteiger partial charge on any atom is -0.383 e. The number of rotatable bonds is 5. The number of hydrogen-bond donors (Lipinski definition) is 1. The molecule has 0 heterocycles. The molecule has 11 heavy (non-hydrogen) atoms. The molecule has 2 nitrogen and oxygen atoms in total. The standard InChI is InChI=1S/C9H21NO/c1-5-8(2)6-9(3,10)7-11-4/h8H,5-7,10H2,1-4H3. The molecule has 0 fully saturated rings. The lowest BCUT2D eigenvalue weighted by Crippen LogP contribution is -2.42. The Balaban J connectivity index is 3.70. The maximum atomic E-state index is 5.98. The topological polar surface area (TPSA) is 35.2 Å². The predicted octanol–water partition coefficient (Wildman–Crippen LogP) is 1.79. The number of ether oxygens (including phenoxy) is 1. The summed E-state index contributed by atoms with van der Waals surface area (Å²) in [5.74, 6) is 0.695. The Kier molecular flexibility index (Phi) is 4.69. The normalized spacial score (nSPS) is 19.4. The second-order valence-corrected chi connectivity index (χ2v) is 3.80. The van der Waals surface area contributed by atoms with E-state index in [-0.39, 0.29) is 5.54 Å². The van der Waals surface area contributed by atoms with Crippen LogP contribution >= 0.6 is 0 Å². The molecule has 68 valence electrons. The van der Waals surface area contributed by atoms with Crippen LogP contribution in [0.5, 0.6) is 0 Å². The van der Waals surface area contributed by atoms with Crippen molar-refractivity contribution in [3.8, 4) is 0 Å². The first-order valence-electron chi connectivity index (χ1n) is 4.29. The van der Waals surface area contributed by atoms with Crippen LogP contribution in [-0.2, 0) is 4.74 Å². The summed E-state index contributed by atoms with van der Waals surface area (Å²) in [5, 5.41) is 0. The maximum Gasteiger partial charge on any atom is 0.0639 e. The Morgan fingerprint density at radius 1 is 1.55 bits per heavy atom. The quantitative estimate of drug-likeness (QED) is 0.663. The van der Waals surface area contributed by atoms with Crippen molar-refractivity contribution >= 4 is 0 Å². The van der Waals surface area contributed by atoms with Crippen LogP contribution in [0.25, 0.3) is 0 Å². The zero-order valence-electron chi connectivity index (χ0n) is 8.18. The van der Waals surface area contributed by atoms with Crippen molar-refractivity contribution in [1.82, 2.24) is 0 Å². The van der Waals surface area contributed by atoms with Crippen LogP contribution in [0.3, 0.4) is 0 Å². The first-order chi connectivity index (χ1) is 5.02. The lowest BCUT2D eigenvalue weighted by atomic mass is 9.90. The molecule has 0 saturated heterocycles. The monoisotopic (exact) mass is 159 g/mol. The largest absolute Gasteiger partial charge is 0.383 e. The fourth-order valence-electron chi connectivity index (χ4n) is 1.33. The molecule has 2 atom stereocenters. The van der Waals surface area contributed by atoms with Crippen molar-refractivity contribution < 1.29 is 4.74 Å². The molecular weight excluding hydrogens is 138 g/mol. The van der Waals surface area contributed by atoms with E-state index in [9.17, 15) is 0 Å². The van der Waals surface area contributed by atoms with Gasteiger partial charge in [0.15, 0.2) is 0 Å². The van der Waals surface area contributed by atoms with Crippen LogP contribution in [0.2, 0.25) is 0 Å². The molecule has 2 heteroatoms. The molecule has 0 saturated carbocycles. The second kappa shape index (κ2) is 4.73. The molecule has 0 rings (SSSR count). The smallest absolute Gasteiger partial charge is 0.0639 e. The molecule has 0 aromatic heterocycles. The van der Waals surface area contributed by atoms with Gasteiger partial charge in [-0.15, -0.1) is 0 Å². The van der Waals surface area contributed by atoms with Gasteiger partial charge in [0.05, 0.1) is 6.61 Å². The molecule has 0 aromatic carbocycles. The van der Waals surface area contributed by atoms with Gasteiger partial charge in [0.2, 0.25) is 0 Å². The van der Waals surface area contributed by atoms with Gasteiger partial charge in [-0.25, -0.2) is 0 Å². The van der Waals surface area contributed by atoms with Crippen LogP contribution in [0, 0.1) is 5.92 Å². The number of nitrogens with two attached hydrogens (primary N) is 1. The van der Waals surface area contributed by atoms with Gasteiger partial charge in [0.1, 0.15) is 0 Å². The number of hydrogen-bond acceptors (Lipinski definition) is 2. The highest BCUT2D eigenvalue weighted by molar-refractivity contribution is 4.79. The van der Waals surface area contributed by atoms with E-state index in [0.29, 0.717) is 12.5 Å². The minimum atomic E-state index is -0.149. The average molecular weight is 159 g/mol. The van der Waals surface area contributed by atoms with Crippen LogP contribution in [0.1, 0.15) is 33.6 Å². The van der Waals surface area contributed by atoms with E-state index >= 15 is 0 Å². The van der Waals surface area contributed by atoms with Gasteiger partial charge in [-0.3, -0.25) is 0 Å². The van der Waals surface area contributed by atoms with E-state index in [4.69, 9.17) is 10.5 Å². The molecule has 2 N–H and O–H groups in total. The molecule has 0 spiro atoms. The lowest BCUT2D eigenvalue weighted by molar-refractivity contribution is 0.126. The lowest BCUT2D eigenvalue weighted by Gasteiger charge is -2.26. The van der Waals surface area contributed by atoms with Crippen LogP contribution in [0.4, 0.5) is 0 Å². The Labute approximate surface area is 70.1 Å². The summed E-state index contributed by atoms with van der Waals surface area (Å²) in [5.41, 5.74) is 5.83. The van der Waals surface area contributed by atoms with Crippen molar-refractivity contribution in [2.75, 3.05) is 13.7 Å². The molecule has 0 aliphatic carbocycles. The van der Waals surface area contributed by atoms with Crippen LogP contribution < -0.4 is 5.73 Å². The van der Waals surface area contributed by atoms with Crippen molar-refractivity contribution in [1.29, 1.82) is 0 Å². The molecular formula is C9H21NO. The van der Waals surface area contributed by atoms with E-state index in [1.54, 1.807) is 7.11 Å². The molecule has 0 radical (unpaired) electrons. The molecule has 0 aliphatic heterocycles. The fraction of sp³-hybridized carbons (Fsp3) is 1.00. The SMILES string of the molecule is CCC(C)CC(C)(N)COC. The van der Waals surface area contributed by atoms with Gasteiger partial charge in [0, 0.05) is 12.6 Å². The summed E-state index contributed by atoms with van der Waals surface area (Å²) in [7, 11) is 1.70. The highest BCUT2D eigenvalue weighted by Gasteiger charge is 2.20. The van der Waals surface area contributed by atoms with Crippen molar-refractivity contribution in [3.05, 3.63) is 0 Å². The fourth-order valence-corrected chi connectivity index (χ4v) is 1.33. The van der Waals surface area contributed by atoms with Crippen LogP contribution in [-0.4, -0.2) is 19.3 Å². The van der Waals surface area contributed by atoms with E-state index in [1.807, 2.05) is 6.92 Å². The second-order valence-electron chi connectivity index (χ2n) is 3.80. The molecule has 0 bridgehead atoms. The maximum absolute atomic E-state index is 5.98. The predicted molar refractivity (Wildman–Crippen MR) is 48.5 cm³/mol. The highest BCUT2D eigenvalue weighted by Crippen LogP contribution is 2.16. The molecule has 0 aromatic rings. The summed E-state index contributed by atoms with van der Waals surface area (Å²) in [6, 6.07) is 0. The molecule has 0 aliphatic rings. The van der Waals surface area contributed by atoms with Gasteiger partial charge in [0.25, 0.3) is 0 Å².